The highest BCUT2D eigenvalue weighted by Crippen LogP contribution is 2.29. The molecule has 4 heteroatoms. The zero-order chi connectivity index (χ0) is 12.4. The van der Waals surface area contributed by atoms with Gasteiger partial charge >= 0.3 is 5.97 Å². The molecule has 17 heavy (non-hydrogen) atoms. The van der Waals surface area contributed by atoms with Crippen molar-refractivity contribution in [3.8, 4) is 0 Å². The van der Waals surface area contributed by atoms with Crippen LogP contribution in [0.25, 0.3) is 10.9 Å². The lowest BCUT2D eigenvalue weighted by Crippen LogP contribution is -1.98. The molecule has 1 N–H and O–H groups in total. The van der Waals surface area contributed by atoms with Crippen molar-refractivity contribution in [1.82, 2.24) is 4.98 Å². The molecule has 1 aromatic carbocycles. The lowest BCUT2D eigenvalue weighted by molar-refractivity contribution is -0.133. The van der Waals surface area contributed by atoms with Crippen molar-refractivity contribution in [2.24, 2.45) is 0 Å². The van der Waals surface area contributed by atoms with Crippen LogP contribution < -0.4 is 0 Å². The number of aryl methyl sites for hydroxylation is 2. The van der Waals surface area contributed by atoms with Crippen molar-refractivity contribution in [2.75, 3.05) is 5.75 Å². The average Bonchev–Trinajstić information content (AvgIpc) is 2.27. The second kappa shape index (κ2) is 4.75. The second-order valence-corrected chi connectivity index (χ2v) is 4.93. The molecule has 0 atom stereocenters. The fourth-order valence-electron chi connectivity index (χ4n) is 1.74. The molecule has 0 fully saturated rings. The Balaban J connectivity index is 2.54. The minimum atomic E-state index is -0.801. The molecule has 0 saturated carbocycles. The number of carbonyl (C=O) groups is 1. The molecular formula is C13H13NO2S. The van der Waals surface area contributed by atoms with E-state index in [1.807, 2.05) is 38.1 Å². The zero-order valence-corrected chi connectivity index (χ0v) is 10.5. The minimum absolute atomic E-state index is 0.0759. The molecule has 0 unspecified atom stereocenters. The predicted octanol–water partition coefficient (Wildman–Crippen LogP) is 3.03. The summed E-state index contributed by atoms with van der Waals surface area (Å²) in [6.07, 6.45) is 0. The standard InChI is InChI=1S/C13H13NO2S/c1-8-4-3-5-10-11(17-7-12(15)16)6-9(2)14-13(8)10/h3-6H,7H2,1-2H3,(H,15,16). The van der Waals surface area contributed by atoms with Gasteiger partial charge in [-0.25, -0.2) is 0 Å². The summed E-state index contributed by atoms with van der Waals surface area (Å²) in [6, 6.07) is 7.91. The molecule has 0 radical (unpaired) electrons. The van der Waals surface area contributed by atoms with E-state index in [9.17, 15) is 4.79 Å². The van der Waals surface area contributed by atoms with Gasteiger partial charge in [-0.05, 0) is 25.5 Å². The summed E-state index contributed by atoms with van der Waals surface area (Å²) in [7, 11) is 0. The molecule has 0 amide bonds. The summed E-state index contributed by atoms with van der Waals surface area (Å²) < 4.78 is 0. The van der Waals surface area contributed by atoms with E-state index in [0.29, 0.717) is 0 Å². The lowest BCUT2D eigenvalue weighted by atomic mass is 10.1. The number of thioether (sulfide) groups is 1. The van der Waals surface area contributed by atoms with Crippen LogP contribution in [0.2, 0.25) is 0 Å². The molecule has 0 aliphatic rings. The molecule has 0 bridgehead atoms. The number of para-hydroxylation sites is 1. The number of aliphatic carboxylic acids is 1. The van der Waals surface area contributed by atoms with Gasteiger partial charge in [0.15, 0.2) is 0 Å². The van der Waals surface area contributed by atoms with Crippen molar-refractivity contribution in [3.63, 3.8) is 0 Å². The van der Waals surface area contributed by atoms with Gasteiger partial charge in [0, 0.05) is 16.0 Å². The summed E-state index contributed by atoms with van der Waals surface area (Å²) in [5.41, 5.74) is 2.99. The lowest BCUT2D eigenvalue weighted by Gasteiger charge is -2.08. The Morgan fingerprint density at radius 3 is 2.88 bits per heavy atom. The SMILES string of the molecule is Cc1cc(SCC(=O)O)c2cccc(C)c2n1. The van der Waals surface area contributed by atoms with E-state index in [0.717, 1.165) is 27.1 Å². The Morgan fingerprint density at radius 2 is 2.18 bits per heavy atom. The van der Waals surface area contributed by atoms with E-state index in [2.05, 4.69) is 4.98 Å². The first kappa shape index (κ1) is 11.9. The van der Waals surface area contributed by atoms with E-state index >= 15 is 0 Å². The quantitative estimate of drug-likeness (QED) is 0.847. The van der Waals surface area contributed by atoms with Crippen LogP contribution in [0.4, 0.5) is 0 Å². The summed E-state index contributed by atoms with van der Waals surface area (Å²) >= 11 is 1.34. The number of aromatic nitrogens is 1. The fourth-order valence-corrected chi connectivity index (χ4v) is 2.59. The Kier molecular flexibility index (Phi) is 3.33. The average molecular weight is 247 g/mol. The van der Waals surface area contributed by atoms with Gasteiger partial charge in [-0.1, -0.05) is 18.2 Å². The molecular weight excluding hydrogens is 234 g/mol. The third-order valence-corrected chi connectivity index (χ3v) is 3.52. The van der Waals surface area contributed by atoms with Crippen molar-refractivity contribution < 1.29 is 9.90 Å². The number of rotatable bonds is 3. The summed E-state index contributed by atoms with van der Waals surface area (Å²) in [6.45, 7) is 3.94. The predicted molar refractivity (Wildman–Crippen MR) is 69.6 cm³/mol. The minimum Gasteiger partial charge on any atom is -0.481 e. The molecule has 2 aromatic rings. The maximum absolute atomic E-state index is 10.6. The summed E-state index contributed by atoms with van der Waals surface area (Å²) in [5, 5.41) is 9.76. The van der Waals surface area contributed by atoms with Crippen LogP contribution in [0, 0.1) is 13.8 Å². The molecule has 1 heterocycles. The normalized spacial score (nSPS) is 10.7. The van der Waals surface area contributed by atoms with Gasteiger partial charge in [-0.3, -0.25) is 9.78 Å². The largest absolute Gasteiger partial charge is 0.481 e. The number of carboxylic acid groups (broad SMARTS) is 1. The van der Waals surface area contributed by atoms with E-state index < -0.39 is 5.97 Å². The molecule has 0 aliphatic carbocycles. The number of fused-ring (bicyclic) bond motifs is 1. The number of pyridine rings is 1. The van der Waals surface area contributed by atoms with E-state index in [1.165, 1.54) is 11.8 Å². The van der Waals surface area contributed by atoms with Crippen LogP contribution in [-0.4, -0.2) is 21.8 Å². The zero-order valence-electron chi connectivity index (χ0n) is 9.73. The highest BCUT2D eigenvalue weighted by molar-refractivity contribution is 8.00. The van der Waals surface area contributed by atoms with Gasteiger partial charge in [-0.2, -0.15) is 0 Å². The van der Waals surface area contributed by atoms with Crippen LogP contribution in [0.15, 0.2) is 29.2 Å². The Morgan fingerprint density at radius 1 is 1.41 bits per heavy atom. The van der Waals surface area contributed by atoms with Crippen LogP contribution in [0.1, 0.15) is 11.3 Å². The first-order valence-corrected chi connectivity index (χ1v) is 6.28. The monoisotopic (exact) mass is 247 g/mol. The first-order chi connectivity index (χ1) is 8.08. The van der Waals surface area contributed by atoms with Crippen LogP contribution in [0.3, 0.4) is 0 Å². The van der Waals surface area contributed by atoms with Crippen molar-refractivity contribution in [3.05, 3.63) is 35.5 Å². The Labute approximate surface area is 104 Å². The Bertz CT molecular complexity index is 581. The third kappa shape index (κ3) is 2.58. The maximum atomic E-state index is 10.6. The van der Waals surface area contributed by atoms with E-state index in [-0.39, 0.29) is 5.75 Å². The first-order valence-electron chi connectivity index (χ1n) is 5.29. The van der Waals surface area contributed by atoms with Crippen molar-refractivity contribution in [2.45, 2.75) is 18.7 Å². The van der Waals surface area contributed by atoms with Crippen LogP contribution >= 0.6 is 11.8 Å². The highest BCUT2D eigenvalue weighted by Gasteiger charge is 2.08. The molecule has 2 rings (SSSR count). The molecule has 88 valence electrons. The van der Waals surface area contributed by atoms with Crippen molar-refractivity contribution >= 4 is 28.6 Å². The smallest absolute Gasteiger partial charge is 0.313 e. The molecule has 0 aliphatic heterocycles. The highest BCUT2D eigenvalue weighted by atomic mass is 32.2. The maximum Gasteiger partial charge on any atom is 0.313 e. The Hall–Kier alpha value is -1.55. The van der Waals surface area contributed by atoms with Crippen LogP contribution in [-0.2, 0) is 4.79 Å². The fraction of sp³-hybridized carbons (Fsp3) is 0.231. The number of carboxylic acids is 1. The number of hydrogen-bond acceptors (Lipinski definition) is 3. The summed E-state index contributed by atoms with van der Waals surface area (Å²) in [4.78, 5) is 16.1. The van der Waals surface area contributed by atoms with Gasteiger partial charge in [0.1, 0.15) is 0 Å². The molecule has 3 nitrogen and oxygen atoms in total. The van der Waals surface area contributed by atoms with Gasteiger partial charge < -0.3 is 5.11 Å². The number of hydrogen-bond donors (Lipinski definition) is 1. The second-order valence-electron chi connectivity index (χ2n) is 3.92. The van der Waals surface area contributed by atoms with Gasteiger partial charge in [0.05, 0.1) is 11.3 Å². The topological polar surface area (TPSA) is 50.2 Å². The van der Waals surface area contributed by atoms with Crippen LogP contribution in [0.5, 0.6) is 0 Å². The van der Waals surface area contributed by atoms with E-state index in [1.54, 1.807) is 0 Å². The van der Waals surface area contributed by atoms with Gasteiger partial charge in [0.25, 0.3) is 0 Å². The summed E-state index contributed by atoms with van der Waals surface area (Å²) in [5.74, 6) is -0.725. The van der Waals surface area contributed by atoms with Gasteiger partial charge in [-0.15, -0.1) is 11.8 Å². The van der Waals surface area contributed by atoms with Gasteiger partial charge in [0.2, 0.25) is 0 Å². The third-order valence-electron chi connectivity index (χ3n) is 2.48. The molecule has 1 aromatic heterocycles. The number of benzene rings is 1. The van der Waals surface area contributed by atoms with Crippen molar-refractivity contribution in [1.29, 1.82) is 0 Å². The number of nitrogens with zero attached hydrogens (tertiary/aromatic N) is 1. The molecule has 0 spiro atoms. The van der Waals surface area contributed by atoms with E-state index in [4.69, 9.17) is 5.11 Å². The molecule has 0 saturated heterocycles.